The number of Topliss-reactive ketones (excluding diaryl/α,β-unsaturated/α-hetero) is 1. The summed E-state index contributed by atoms with van der Waals surface area (Å²) in [6.07, 6.45) is 2.48. The van der Waals surface area contributed by atoms with Crippen molar-refractivity contribution in [2.75, 3.05) is 19.8 Å². The Morgan fingerprint density at radius 2 is 2.00 bits per heavy atom. The Balaban J connectivity index is 1.86. The Bertz CT molecular complexity index is 1070. The molecule has 1 atom stereocenters. The number of ether oxygens (including phenoxy) is 3. The lowest BCUT2D eigenvalue weighted by Gasteiger charge is -2.14. The number of aromatic nitrogens is 2. The molecular weight excluding hydrogens is 565 g/mol. The number of ketones is 1. The van der Waals surface area contributed by atoms with Crippen molar-refractivity contribution in [3.8, 4) is 11.5 Å². The van der Waals surface area contributed by atoms with Gasteiger partial charge in [-0.1, -0.05) is 18.7 Å². The van der Waals surface area contributed by atoms with E-state index in [0.717, 1.165) is 32.3 Å². The van der Waals surface area contributed by atoms with E-state index in [1.807, 2.05) is 19.9 Å². The zero-order valence-corrected chi connectivity index (χ0v) is 21.6. The maximum Gasteiger partial charge on any atom is 0.344 e. The second kappa shape index (κ2) is 11.2. The van der Waals surface area contributed by atoms with Crippen LogP contribution in [0.4, 0.5) is 0 Å². The molecule has 8 nitrogen and oxygen atoms in total. The molecule has 1 N–H and O–H groups in total. The number of halogens is 1. The van der Waals surface area contributed by atoms with Crippen molar-refractivity contribution in [2.45, 2.75) is 33.1 Å². The molecule has 0 unspecified atom stereocenters. The third-order valence-corrected chi connectivity index (χ3v) is 7.22. The number of benzene rings is 1. The molecule has 1 saturated heterocycles. The molecule has 1 fully saturated rings. The maximum absolute atomic E-state index is 13.0. The van der Waals surface area contributed by atoms with Gasteiger partial charge in [0.25, 0.3) is 0 Å². The van der Waals surface area contributed by atoms with Gasteiger partial charge in [0.15, 0.2) is 23.9 Å². The molecule has 3 rings (SSSR count). The molecule has 11 heteroatoms. The van der Waals surface area contributed by atoms with Crippen LogP contribution in [-0.4, -0.2) is 46.8 Å². The molecule has 1 aliphatic heterocycles. The van der Waals surface area contributed by atoms with Crippen LogP contribution in [0.2, 0.25) is 0 Å². The number of esters is 1. The predicted octanol–water partition coefficient (Wildman–Crippen LogP) is 4.46. The minimum absolute atomic E-state index is 0.158. The molecule has 0 bridgehead atoms. The number of rotatable bonds is 9. The second-order valence-electron chi connectivity index (χ2n) is 6.52. The Labute approximate surface area is 207 Å². The topological polar surface area (TPSA) is 111 Å². The standard InChI is InChI=1S/C21H22IN3O5S2/c1-4-15-24-25-21(32-15)17-18(27)14(31-20(17)23)9-11-7-12(22)19(13(8-11)28-5-2)30-10-16(26)29-6-3/h7-9,17,23H,4-6,10H2,1-3H3/b14-9-,23-20?/t17-/m0/s1. The smallest absolute Gasteiger partial charge is 0.344 e. The van der Waals surface area contributed by atoms with E-state index in [0.29, 0.717) is 28.0 Å². The Hall–Kier alpha value is -1.99. The van der Waals surface area contributed by atoms with Crippen LogP contribution in [0.5, 0.6) is 11.5 Å². The first kappa shape index (κ1) is 24.6. The number of nitrogens with zero attached hydrogens (tertiary/aromatic N) is 2. The number of carbonyl (C=O) groups is 2. The first-order valence-corrected chi connectivity index (χ1v) is 12.7. The summed E-state index contributed by atoms with van der Waals surface area (Å²) in [6.45, 7) is 6.02. The normalized spacial score (nSPS) is 17.1. The minimum atomic E-state index is -0.693. The Morgan fingerprint density at radius 1 is 1.22 bits per heavy atom. The van der Waals surface area contributed by atoms with Gasteiger partial charge in [-0.3, -0.25) is 10.2 Å². The van der Waals surface area contributed by atoms with Crippen LogP contribution in [0.15, 0.2) is 17.0 Å². The van der Waals surface area contributed by atoms with Gasteiger partial charge in [0.05, 0.1) is 26.7 Å². The monoisotopic (exact) mass is 587 g/mol. The number of nitrogens with one attached hydrogen (secondary N) is 1. The van der Waals surface area contributed by atoms with Gasteiger partial charge >= 0.3 is 5.97 Å². The van der Waals surface area contributed by atoms with E-state index in [1.54, 1.807) is 19.1 Å². The summed E-state index contributed by atoms with van der Waals surface area (Å²) in [5, 5.41) is 18.1. The summed E-state index contributed by atoms with van der Waals surface area (Å²) in [6, 6.07) is 3.59. The van der Waals surface area contributed by atoms with Gasteiger partial charge in [0.2, 0.25) is 0 Å². The number of hydrogen-bond donors (Lipinski definition) is 1. The van der Waals surface area contributed by atoms with Gasteiger partial charge in [-0.2, -0.15) is 0 Å². The van der Waals surface area contributed by atoms with Gasteiger partial charge in [-0.15, -0.1) is 21.5 Å². The van der Waals surface area contributed by atoms with Gasteiger partial charge < -0.3 is 14.2 Å². The quantitative estimate of drug-likeness (QED) is 0.260. The van der Waals surface area contributed by atoms with Gasteiger partial charge in [0, 0.05) is 0 Å². The molecule has 32 heavy (non-hydrogen) atoms. The number of allylic oxidation sites excluding steroid dienone is 1. The van der Waals surface area contributed by atoms with E-state index in [-0.39, 0.29) is 24.0 Å². The lowest BCUT2D eigenvalue weighted by molar-refractivity contribution is -0.145. The first-order chi connectivity index (χ1) is 15.4. The molecule has 170 valence electrons. The van der Waals surface area contributed by atoms with Gasteiger partial charge in [-0.25, -0.2) is 4.79 Å². The molecule has 0 amide bonds. The van der Waals surface area contributed by atoms with E-state index in [2.05, 4.69) is 32.8 Å². The summed E-state index contributed by atoms with van der Waals surface area (Å²) in [5.41, 5.74) is 0.733. The first-order valence-electron chi connectivity index (χ1n) is 9.97. The molecule has 1 aromatic carbocycles. The maximum atomic E-state index is 13.0. The van der Waals surface area contributed by atoms with Crippen LogP contribution < -0.4 is 9.47 Å². The van der Waals surface area contributed by atoms with Crippen molar-refractivity contribution < 1.29 is 23.8 Å². The van der Waals surface area contributed by atoms with E-state index < -0.39 is 11.9 Å². The molecule has 1 aromatic heterocycles. The second-order valence-corrected chi connectivity index (χ2v) is 9.86. The molecule has 0 spiro atoms. The molecular formula is C21H22IN3O5S2. The summed E-state index contributed by atoms with van der Waals surface area (Å²) in [5.74, 6) is -0.401. The van der Waals surface area contributed by atoms with Gasteiger partial charge in [-0.05, 0) is 66.6 Å². The third kappa shape index (κ3) is 5.67. The van der Waals surface area contributed by atoms with Crippen molar-refractivity contribution in [1.29, 1.82) is 5.41 Å². The SMILES string of the molecule is CCOC(=O)COc1c(I)cc(/C=C2\SC(=N)[C@@H](c3nnc(CC)s3)C2=O)cc1OCC. The molecule has 2 aromatic rings. The number of hydrogen-bond acceptors (Lipinski definition) is 10. The van der Waals surface area contributed by atoms with Crippen molar-refractivity contribution in [2.24, 2.45) is 0 Å². The van der Waals surface area contributed by atoms with E-state index in [9.17, 15) is 9.59 Å². The lowest BCUT2D eigenvalue weighted by Crippen LogP contribution is -2.15. The molecule has 0 saturated carbocycles. The highest BCUT2D eigenvalue weighted by Gasteiger charge is 2.39. The average Bonchev–Trinajstić information content (AvgIpc) is 3.31. The third-order valence-electron chi connectivity index (χ3n) is 4.29. The van der Waals surface area contributed by atoms with Crippen molar-refractivity contribution in [1.82, 2.24) is 10.2 Å². The van der Waals surface area contributed by atoms with Crippen molar-refractivity contribution >= 4 is 68.6 Å². The lowest BCUT2D eigenvalue weighted by atomic mass is 10.1. The average molecular weight is 587 g/mol. The largest absolute Gasteiger partial charge is 0.490 e. The Kier molecular flexibility index (Phi) is 8.65. The van der Waals surface area contributed by atoms with Crippen LogP contribution in [0, 0.1) is 8.98 Å². The van der Waals surface area contributed by atoms with Crippen LogP contribution in [0.25, 0.3) is 6.08 Å². The van der Waals surface area contributed by atoms with Crippen LogP contribution in [0.3, 0.4) is 0 Å². The van der Waals surface area contributed by atoms with Gasteiger partial charge in [0.1, 0.15) is 15.9 Å². The zero-order valence-electron chi connectivity index (χ0n) is 17.8. The highest BCUT2D eigenvalue weighted by Crippen LogP contribution is 2.42. The summed E-state index contributed by atoms with van der Waals surface area (Å²) in [7, 11) is 0. The van der Waals surface area contributed by atoms with E-state index in [1.165, 1.54) is 11.3 Å². The van der Waals surface area contributed by atoms with E-state index in [4.69, 9.17) is 19.6 Å². The number of carbonyl (C=O) groups excluding carboxylic acids is 2. The predicted molar refractivity (Wildman–Crippen MR) is 133 cm³/mol. The summed E-state index contributed by atoms with van der Waals surface area (Å²) in [4.78, 5) is 25.1. The van der Waals surface area contributed by atoms with Crippen LogP contribution in [-0.2, 0) is 20.7 Å². The Morgan fingerprint density at radius 3 is 2.66 bits per heavy atom. The molecule has 0 aliphatic carbocycles. The molecule has 2 heterocycles. The van der Waals surface area contributed by atoms with E-state index >= 15 is 0 Å². The molecule has 1 aliphatic rings. The van der Waals surface area contributed by atoms with Crippen LogP contribution in [0.1, 0.15) is 42.3 Å². The fourth-order valence-electron chi connectivity index (χ4n) is 2.90. The fourth-order valence-corrected chi connectivity index (χ4v) is 5.63. The highest BCUT2D eigenvalue weighted by molar-refractivity contribution is 14.1. The summed E-state index contributed by atoms with van der Waals surface area (Å²) < 4.78 is 17.0. The highest BCUT2D eigenvalue weighted by atomic mass is 127. The minimum Gasteiger partial charge on any atom is -0.490 e. The van der Waals surface area contributed by atoms with Crippen LogP contribution >= 0.6 is 45.7 Å². The van der Waals surface area contributed by atoms with Crippen molar-refractivity contribution in [3.05, 3.63) is 36.2 Å². The molecule has 0 radical (unpaired) electrons. The zero-order chi connectivity index (χ0) is 23.3. The fraction of sp³-hybridized carbons (Fsp3) is 0.381. The number of aryl methyl sites for hydroxylation is 1. The number of thioether (sulfide) groups is 1. The summed E-state index contributed by atoms with van der Waals surface area (Å²) >= 11 is 4.60. The van der Waals surface area contributed by atoms with Crippen molar-refractivity contribution in [3.63, 3.8) is 0 Å².